The number of hydrogen-bond donors (Lipinski definition) is 1. The van der Waals surface area contributed by atoms with Crippen LogP contribution in [0.25, 0.3) is 11.8 Å². The van der Waals surface area contributed by atoms with Crippen LogP contribution in [-0.2, 0) is 4.79 Å². The van der Waals surface area contributed by atoms with Gasteiger partial charge in [-0.1, -0.05) is 19.3 Å². The SMILES string of the molecule is Cc1cc(/C=C2\NC(=S)N(C3CCCCC3)C2=O)c(C)n1-c1cccnc1. The number of carbonyl (C=O) groups excluding carboxylic acids is 1. The van der Waals surface area contributed by atoms with Crippen LogP contribution in [-0.4, -0.2) is 31.5 Å². The number of carbonyl (C=O) groups is 1. The van der Waals surface area contributed by atoms with Crippen molar-refractivity contribution >= 4 is 29.3 Å². The minimum atomic E-state index is -0.00178. The molecule has 0 unspecified atom stereocenters. The third-order valence-corrected chi connectivity index (χ3v) is 5.82. The van der Waals surface area contributed by atoms with Gasteiger partial charge in [-0.2, -0.15) is 0 Å². The second-order valence-electron chi connectivity index (χ2n) is 7.33. The van der Waals surface area contributed by atoms with E-state index in [0.29, 0.717) is 10.8 Å². The first-order chi connectivity index (χ1) is 13.1. The number of aryl methyl sites for hydroxylation is 1. The highest BCUT2D eigenvalue weighted by atomic mass is 32.1. The molecular formula is C21H24N4OS. The van der Waals surface area contributed by atoms with Crippen molar-refractivity contribution in [3.05, 3.63) is 53.2 Å². The molecule has 1 amide bonds. The van der Waals surface area contributed by atoms with Crippen LogP contribution in [0.15, 0.2) is 36.3 Å². The number of rotatable bonds is 3. The van der Waals surface area contributed by atoms with Crippen LogP contribution in [0, 0.1) is 13.8 Å². The summed E-state index contributed by atoms with van der Waals surface area (Å²) in [6, 6.07) is 6.29. The number of hydrogen-bond acceptors (Lipinski definition) is 3. The van der Waals surface area contributed by atoms with Gasteiger partial charge < -0.3 is 9.88 Å². The smallest absolute Gasteiger partial charge is 0.276 e. The molecule has 140 valence electrons. The number of thiocarbonyl (C=S) groups is 1. The predicted molar refractivity (Wildman–Crippen MR) is 110 cm³/mol. The normalized spacial score (nSPS) is 19.8. The molecule has 0 spiro atoms. The Balaban J connectivity index is 1.64. The maximum Gasteiger partial charge on any atom is 0.276 e. The van der Waals surface area contributed by atoms with Gasteiger partial charge >= 0.3 is 0 Å². The van der Waals surface area contributed by atoms with Crippen molar-refractivity contribution in [1.82, 2.24) is 19.8 Å². The number of amides is 1. The third-order valence-electron chi connectivity index (χ3n) is 5.52. The molecule has 3 heterocycles. The number of pyridine rings is 1. The average Bonchev–Trinajstić information content (AvgIpc) is 3.11. The molecule has 0 radical (unpaired) electrons. The largest absolute Gasteiger partial charge is 0.328 e. The molecule has 2 aromatic rings. The van der Waals surface area contributed by atoms with Crippen molar-refractivity contribution in [2.24, 2.45) is 0 Å². The Bertz CT molecular complexity index is 910. The van der Waals surface area contributed by atoms with Gasteiger partial charge in [0.2, 0.25) is 0 Å². The summed E-state index contributed by atoms with van der Waals surface area (Å²) in [6.07, 6.45) is 11.2. The Labute approximate surface area is 165 Å². The molecule has 2 aliphatic rings. The second kappa shape index (κ2) is 7.27. The van der Waals surface area contributed by atoms with Gasteiger partial charge in [-0.05, 0) is 68.7 Å². The van der Waals surface area contributed by atoms with Crippen molar-refractivity contribution in [3.63, 3.8) is 0 Å². The van der Waals surface area contributed by atoms with Crippen molar-refractivity contribution in [1.29, 1.82) is 0 Å². The third kappa shape index (κ3) is 3.30. The molecule has 1 aliphatic heterocycles. The van der Waals surface area contributed by atoms with E-state index in [4.69, 9.17) is 12.2 Å². The van der Waals surface area contributed by atoms with Gasteiger partial charge in [0.25, 0.3) is 5.91 Å². The summed E-state index contributed by atoms with van der Waals surface area (Å²) < 4.78 is 2.15. The Morgan fingerprint density at radius 1 is 1.26 bits per heavy atom. The lowest BCUT2D eigenvalue weighted by Crippen LogP contribution is -2.41. The summed E-state index contributed by atoms with van der Waals surface area (Å²) in [5.41, 5.74) is 4.77. The van der Waals surface area contributed by atoms with Crippen molar-refractivity contribution < 1.29 is 4.79 Å². The monoisotopic (exact) mass is 380 g/mol. The summed E-state index contributed by atoms with van der Waals surface area (Å²) in [7, 11) is 0. The van der Waals surface area contributed by atoms with E-state index in [0.717, 1.165) is 35.5 Å². The molecule has 4 rings (SSSR count). The van der Waals surface area contributed by atoms with Crippen molar-refractivity contribution in [2.75, 3.05) is 0 Å². The van der Waals surface area contributed by atoms with Gasteiger partial charge in [0.15, 0.2) is 5.11 Å². The Morgan fingerprint density at radius 2 is 2.04 bits per heavy atom. The molecule has 0 bridgehead atoms. The van der Waals surface area contributed by atoms with Crippen LogP contribution in [0.3, 0.4) is 0 Å². The van der Waals surface area contributed by atoms with E-state index in [1.54, 1.807) is 11.1 Å². The zero-order valence-corrected chi connectivity index (χ0v) is 16.6. The molecule has 5 nitrogen and oxygen atoms in total. The quantitative estimate of drug-likeness (QED) is 0.649. The van der Waals surface area contributed by atoms with E-state index in [2.05, 4.69) is 34.8 Å². The van der Waals surface area contributed by atoms with Gasteiger partial charge in [-0.15, -0.1) is 0 Å². The standard InChI is InChI=1S/C21H24N4OS/c1-14-11-16(15(2)24(14)18-9-6-10-22-13-18)12-19-20(26)25(21(27)23-19)17-7-4-3-5-8-17/h6,9-13,17H,3-5,7-8H2,1-2H3,(H,23,27)/b19-12-. The first kappa shape index (κ1) is 17.9. The van der Waals surface area contributed by atoms with Crippen molar-refractivity contribution in [2.45, 2.75) is 52.0 Å². The van der Waals surface area contributed by atoms with Gasteiger partial charge in [-0.25, -0.2) is 0 Å². The Morgan fingerprint density at radius 3 is 2.74 bits per heavy atom. The molecule has 1 aliphatic carbocycles. The van der Waals surface area contributed by atoms with Crippen LogP contribution in [0.2, 0.25) is 0 Å². The fraction of sp³-hybridized carbons (Fsp3) is 0.381. The maximum atomic E-state index is 13.0. The Kier molecular flexibility index (Phi) is 4.83. The lowest BCUT2D eigenvalue weighted by Gasteiger charge is -2.29. The van der Waals surface area contributed by atoms with Gasteiger partial charge in [0.05, 0.1) is 11.9 Å². The molecule has 27 heavy (non-hydrogen) atoms. The molecule has 1 saturated carbocycles. The summed E-state index contributed by atoms with van der Waals surface area (Å²) in [5.74, 6) is -0.00178. The lowest BCUT2D eigenvalue weighted by atomic mass is 9.94. The molecule has 0 aromatic carbocycles. The van der Waals surface area contributed by atoms with Crippen LogP contribution in [0.4, 0.5) is 0 Å². The topological polar surface area (TPSA) is 50.2 Å². The summed E-state index contributed by atoms with van der Waals surface area (Å²) in [4.78, 5) is 19.0. The second-order valence-corrected chi connectivity index (χ2v) is 7.71. The number of aromatic nitrogens is 2. The van der Waals surface area contributed by atoms with Gasteiger partial charge in [0, 0.05) is 23.6 Å². The number of nitrogens with one attached hydrogen (secondary N) is 1. The van der Waals surface area contributed by atoms with E-state index >= 15 is 0 Å². The van der Waals surface area contributed by atoms with E-state index in [1.165, 1.54) is 19.3 Å². The van der Waals surface area contributed by atoms with Crippen molar-refractivity contribution in [3.8, 4) is 5.69 Å². The lowest BCUT2D eigenvalue weighted by molar-refractivity contribution is -0.124. The molecule has 0 atom stereocenters. The highest BCUT2D eigenvalue weighted by Crippen LogP contribution is 2.28. The molecule has 2 aromatic heterocycles. The van der Waals surface area contributed by atoms with Crippen LogP contribution >= 0.6 is 12.2 Å². The fourth-order valence-corrected chi connectivity index (χ4v) is 4.53. The van der Waals surface area contributed by atoms with Crippen LogP contribution in [0.5, 0.6) is 0 Å². The minimum Gasteiger partial charge on any atom is -0.328 e. The highest BCUT2D eigenvalue weighted by molar-refractivity contribution is 7.80. The molecule has 1 saturated heterocycles. The number of nitrogens with zero attached hydrogens (tertiary/aromatic N) is 3. The minimum absolute atomic E-state index is 0.00178. The summed E-state index contributed by atoms with van der Waals surface area (Å²) in [6.45, 7) is 4.12. The van der Waals surface area contributed by atoms with Crippen LogP contribution < -0.4 is 5.32 Å². The first-order valence-electron chi connectivity index (χ1n) is 9.52. The van der Waals surface area contributed by atoms with E-state index in [-0.39, 0.29) is 11.9 Å². The zero-order chi connectivity index (χ0) is 19.0. The fourth-order valence-electron chi connectivity index (χ4n) is 4.19. The Hall–Kier alpha value is -2.47. The zero-order valence-electron chi connectivity index (χ0n) is 15.7. The highest BCUT2D eigenvalue weighted by Gasteiger charge is 2.36. The van der Waals surface area contributed by atoms with Gasteiger partial charge in [-0.3, -0.25) is 14.7 Å². The summed E-state index contributed by atoms with van der Waals surface area (Å²) >= 11 is 5.47. The van der Waals surface area contributed by atoms with E-state index in [9.17, 15) is 4.79 Å². The first-order valence-corrected chi connectivity index (χ1v) is 9.92. The molecule has 6 heteroatoms. The summed E-state index contributed by atoms with van der Waals surface area (Å²) in [5, 5.41) is 3.68. The van der Waals surface area contributed by atoms with E-state index < -0.39 is 0 Å². The predicted octanol–water partition coefficient (Wildman–Crippen LogP) is 3.88. The van der Waals surface area contributed by atoms with Gasteiger partial charge in [0.1, 0.15) is 5.70 Å². The average molecular weight is 381 g/mol. The maximum absolute atomic E-state index is 13.0. The molecule has 1 N–H and O–H groups in total. The van der Waals surface area contributed by atoms with Crippen LogP contribution in [0.1, 0.15) is 49.1 Å². The molecular weight excluding hydrogens is 356 g/mol. The van der Waals surface area contributed by atoms with E-state index in [1.807, 2.05) is 24.4 Å². The molecule has 2 fully saturated rings.